The van der Waals surface area contributed by atoms with Crippen LogP contribution in [-0.2, 0) is 11.2 Å². The molecule has 0 bridgehead atoms. The Kier molecular flexibility index (Phi) is 6.18. The van der Waals surface area contributed by atoms with Crippen LogP contribution in [0.1, 0.15) is 34.0 Å². The monoisotopic (exact) mass is 391 g/mol. The van der Waals surface area contributed by atoms with E-state index in [1.165, 1.54) is 0 Å². The lowest BCUT2D eigenvalue weighted by atomic mass is 10.0. The average molecular weight is 391 g/mol. The lowest BCUT2D eigenvalue weighted by Crippen LogP contribution is -2.55. The Hall–Kier alpha value is -3.33. The zero-order valence-electron chi connectivity index (χ0n) is 17.0. The van der Waals surface area contributed by atoms with Gasteiger partial charge in [0.1, 0.15) is 5.75 Å². The van der Waals surface area contributed by atoms with Gasteiger partial charge in [-0.2, -0.15) is 5.26 Å². The number of nitrogens with zero attached hydrogens (tertiary/aromatic N) is 3. The summed E-state index contributed by atoms with van der Waals surface area (Å²) in [6.07, 6.45) is 0.293. The van der Waals surface area contributed by atoms with E-state index in [0.29, 0.717) is 42.9 Å². The zero-order valence-corrected chi connectivity index (χ0v) is 17.0. The van der Waals surface area contributed by atoms with Gasteiger partial charge in [-0.15, -0.1) is 0 Å². The van der Waals surface area contributed by atoms with Gasteiger partial charge in [-0.1, -0.05) is 18.2 Å². The summed E-state index contributed by atoms with van der Waals surface area (Å²) in [6.45, 7) is 5.39. The van der Waals surface area contributed by atoms with Gasteiger partial charge in [-0.3, -0.25) is 9.59 Å². The van der Waals surface area contributed by atoms with Gasteiger partial charge in [0.05, 0.1) is 25.2 Å². The maximum absolute atomic E-state index is 13.1. The van der Waals surface area contributed by atoms with Gasteiger partial charge in [0, 0.05) is 31.2 Å². The first kappa shape index (κ1) is 20.4. The second-order valence-corrected chi connectivity index (χ2v) is 7.35. The van der Waals surface area contributed by atoms with Crippen molar-refractivity contribution in [1.29, 1.82) is 5.26 Å². The molecule has 2 aromatic carbocycles. The van der Waals surface area contributed by atoms with Crippen molar-refractivity contribution in [2.75, 3.05) is 26.7 Å². The van der Waals surface area contributed by atoms with Crippen molar-refractivity contribution in [1.82, 2.24) is 9.80 Å². The predicted molar refractivity (Wildman–Crippen MR) is 110 cm³/mol. The topological polar surface area (TPSA) is 73.6 Å². The van der Waals surface area contributed by atoms with Crippen LogP contribution in [0.4, 0.5) is 0 Å². The number of piperazine rings is 1. The van der Waals surface area contributed by atoms with E-state index in [1.54, 1.807) is 25.3 Å². The fourth-order valence-corrected chi connectivity index (χ4v) is 3.58. The molecule has 29 heavy (non-hydrogen) atoms. The summed E-state index contributed by atoms with van der Waals surface area (Å²) in [5, 5.41) is 8.88. The largest absolute Gasteiger partial charge is 0.497 e. The number of hydrogen-bond donors (Lipinski definition) is 0. The third-order valence-corrected chi connectivity index (χ3v) is 5.35. The number of benzene rings is 2. The van der Waals surface area contributed by atoms with Gasteiger partial charge in [0.25, 0.3) is 5.91 Å². The second-order valence-electron chi connectivity index (χ2n) is 7.35. The Labute approximate surface area is 171 Å². The Morgan fingerprint density at radius 2 is 1.90 bits per heavy atom. The molecular formula is C23H25N3O3. The minimum absolute atomic E-state index is 0.0335. The van der Waals surface area contributed by atoms with E-state index in [4.69, 9.17) is 10.00 Å². The molecule has 0 N–H and O–H groups in total. The van der Waals surface area contributed by atoms with Crippen molar-refractivity contribution in [3.63, 3.8) is 0 Å². The van der Waals surface area contributed by atoms with Crippen molar-refractivity contribution in [3.8, 4) is 11.8 Å². The molecule has 0 unspecified atom stereocenters. The highest BCUT2D eigenvalue weighted by atomic mass is 16.5. The number of carbonyl (C=O) groups is 2. The van der Waals surface area contributed by atoms with E-state index in [2.05, 4.69) is 6.07 Å². The standard InChI is InChI=1S/C23H25N3O3/c1-16-4-9-20(29-3)13-21(16)23(28)26-11-10-25(15-17(26)2)22(27)12-18-5-7-19(14-24)8-6-18/h4-9,13,17H,10-12,15H2,1-3H3/t17-/m0/s1. The summed E-state index contributed by atoms with van der Waals surface area (Å²) in [4.78, 5) is 29.4. The molecule has 6 nitrogen and oxygen atoms in total. The van der Waals surface area contributed by atoms with Crippen molar-refractivity contribution < 1.29 is 14.3 Å². The molecule has 0 radical (unpaired) electrons. The molecule has 1 heterocycles. The predicted octanol–water partition coefficient (Wildman–Crippen LogP) is 2.79. The fourth-order valence-electron chi connectivity index (χ4n) is 3.58. The summed E-state index contributed by atoms with van der Waals surface area (Å²) in [5.41, 5.74) is 3.00. The fraction of sp³-hybridized carbons (Fsp3) is 0.348. The highest BCUT2D eigenvalue weighted by Crippen LogP contribution is 2.21. The van der Waals surface area contributed by atoms with Gasteiger partial charge >= 0.3 is 0 Å². The van der Waals surface area contributed by atoms with Crippen molar-refractivity contribution >= 4 is 11.8 Å². The molecule has 0 aliphatic carbocycles. The molecule has 0 aromatic heterocycles. The second kappa shape index (κ2) is 8.78. The van der Waals surface area contributed by atoms with Gasteiger partial charge < -0.3 is 14.5 Å². The quantitative estimate of drug-likeness (QED) is 0.803. The molecule has 0 spiro atoms. The molecule has 1 saturated heterocycles. The van der Waals surface area contributed by atoms with Crippen LogP contribution in [0, 0.1) is 18.3 Å². The third kappa shape index (κ3) is 4.57. The van der Waals surface area contributed by atoms with Crippen LogP contribution in [0.3, 0.4) is 0 Å². The molecule has 2 aromatic rings. The molecule has 3 rings (SSSR count). The number of ether oxygens (including phenoxy) is 1. The average Bonchev–Trinajstić information content (AvgIpc) is 2.74. The SMILES string of the molecule is COc1ccc(C)c(C(=O)N2CCN(C(=O)Cc3ccc(C#N)cc3)C[C@@H]2C)c1. The van der Waals surface area contributed by atoms with E-state index in [9.17, 15) is 9.59 Å². The molecular weight excluding hydrogens is 366 g/mol. The van der Waals surface area contributed by atoms with Crippen molar-refractivity contribution in [3.05, 3.63) is 64.7 Å². The maximum atomic E-state index is 13.1. The summed E-state index contributed by atoms with van der Waals surface area (Å²) in [5.74, 6) is 0.655. The van der Waals surface area contributed by atoms with Gasteiger partial charge in [0.2, 0.25) is 5.91 Å². The zero-order chi connectivity index (χ0) is 21.0. The highest BCUT2D eigenvalue weighted by molar-refractivity contribution is 5.96. The number of aryl methyl sites for hydroxylation is 1. The van der Waals surface area contributed by atoms with Crippen molar-refractivity contribution in [2.24, 2.45) is 0 Å². The molecule has 1 aliphatic rings. The minimum atomic E-state index is -0.0771. The molecule has 150 valence electrons. The van der Waals surface area contributed by atoms with Crippen LogP contribution >= 0.6 is 0 Å². The molecule has 1 aliphatic heterocycles. The number of hydrogen-bond acceptors (Lipinski definition) is 4. The summed E-state index contributed by atoms with van der Waals surface area (Å²) in [6, 6.07) is 14.6. The lowest BCUT2D eigenvalue weighted by molar-refractivity contribution is -0.132. The van der Waals surface area contributed by atoms with E-state index in [-0.39, 0.29) is 17.9 Å². The summed E-state index contributed by atoms with van der Waals surface area (Å²) < 4.78 is 5.25. The van der Waals surface area contributed by atoms with Crippen LogP contribution in [0.2, 0.25) is 0 Å². The van der Waals surface area contributed by atoms with Crippen molar-refractivity contribution in [2.45, 2.75) is 26.3 Å². The summed E-state index contributed by atoms with van der Waals surface area (Å²) >= 11 is 0. The van der Waals surface area contributed by atoms with E-state index in [0.717, 1.165) is 11.1 Å². The Morgan fingerprint density at radius 3 is 2.52 bits per heavy atom. The first-order chi connectivity index (χ1) is 13.9. The van der Waals surface area contributed by atoms with E-state index < -0.39 is 0 Å². The van der Waals surface area contributed by atoms with Crippen LogP contribution in [0.25, 0.3) is 0 Å². The molecule has 2 amide bonds. The Balaban J connectivity index is 1.64. The molecule has 1 fully saturated rings. The minimum Gasteiger partial charge on any atom is -0.497 e. The molecule has 6 heteroatoms. The number of amides is 2. The number of nitriles is 1. The van der Waals surface area contributed by atoms with Crippen LogP contribution in [0.15, 0.2) is 42.5 Å². The lowest BCUT2D eigenvalue weighted by Gasteiger charge is -2.40. The summed E-state index contributed by atoms with van der Waals surface area (Å²) in [7, 11) is 1.58. The van der Waals surface area contributed by atoms with Crippen LogP contribution < -0.4 is 4.74 Å². The van der Waals surface area contributed by atoms with E-state index in [1.807, 2.05) is 47.9 Å². The first-order valence-electron chi connectivity index (χ1n) is 9.65. The molecule has 0 saturated carbocycles. The van der Waals surface area contributed by atoms with Gasteiger partial charge in [-0.05, 0) is 49.2 Å². The Bertz CT molecular complexity index is 947. The maximum Gasteiger partial charge on any atom is 0.254 e. The Morgan fingerprint density at radius 1 is 1.17 bits per heavy atom. The normalized spacial score (nSPS) is 16.3. The van der Waals surface area contributed by atoms with E-state index >= 15 is 0 Å². The van der Waals surface area contributed by atoms with Crippen LogP contribution in [0.5, 0.6) is 5.75 Å². The third-order valence-electron chi connectivity index (χ3n) is 5.35. The van der Waals surface area contributed by atoms with Crippen LogP contribution in [-0.4, -0.2) is 54.4 Å². The van der Waals surface area contributed by atoms with Gasteiger partial charge in [0.15, 0.2) is 0 Å². The van der Waals surface area contributed by atoms with Gasteiger partial charge in [-0.25, -0.2) is 0 Å². The number of rotatable bonds is 4. The number of methoxy groups -OCH3 is 1. The highest BCUT2D eigenvalue weighted by Gasteiger charge is 2.31. The smallest absolute Gasteiger partial charge is 0.254 e. The molecule has 1 atom stereocenters. The number of carbonyl (C=O) groups excluding carboxylic acids is 2. The first-order valence-corrected chi connectivity index (χ1v) is 9.65.